The topological polar surface area (TPSA) is 68.4 Å². The molecule has 0 radical (unpaired) electrons. The van der Waals surface area contributed by atoms with E-state index in [0.717, 1.165) is 17.1 Å². The van der Waals surface area contributed by atoms with Crippen LogP contribution in [0.25, 0.3) is 11.5 Å². The third-order valence-electron chi connectivity index (χ3n) is 2.33. The fourth-order valence-electron chi connectivity index (χ4n) is 1.43. The number of aromatic nitrogens is 2. The zero-order valence-corrected chi connectivity index (χ0v) is 11.0. The molecule has 96 valence electrons. The minimum atomic E-state index is 0.0857. The first-order valence-corrected chi connectivity index (χ1v) is 6.67. The van der Waals surface area contributed by atoms with E-state index in [4.69, 9.17) is 9.26 Å². The van der Waals surface area contributed by atoms with Crippen LogP contribution in [-0.2, 0) is 5.75 Å². The summed E-state index contributed by atoms with van der Waals surface area (Å²) in [5.41, 5.74) is 0.727. The lowest BCUT2D eigenvalue weighted by Gasteiger charge is -2.03. The van der Waals surface area contributed by atoms with Gasteiger partial charge in [0.25, 0.3) is 5.89 Å². The van der Waals surface area contributed by atoms with Gasteiger partial charge in [-0.1, -0.05) is 12.1 Å². The summed E-state index contributed by atoms with van der Waals surface area (Å²) in [5.74, 6) is 3.31. The zero-order valence-electron chi connectivity index (χ0n) is 10.2. The lowest BCUT2D eigenvalue weighted by Crippen LogP contribution is -1.86. The van der Waals surface area contributed by atoms with Crippen molar-refractivity contribution in [3.63, 3.8) is 0 Å². The second-order valence-electron chi connectivity index (χ2n) is 3.54. The number of hydrogen-bond donors (Lipinski definition) is 1. The van der Waals surface area contributed by atoms with E-state index >= 15 is 0 Å². The lowest BCUT2D eigenvalue weighted by atomic mass is 10.2. The van der Waals surface area contributed by atoms with Crippen LogP contribution in [0.2, 0.25) is 0 Å². The highest BCUT2D eigenvalue weighted by atomic mass is 32.2. The summed E-state index contributed by atoms with van der Waals surface area (Å²) in [5, 5.41) is 13.4. The molecule has 18 heavy (non-hydrogen) atoms. The summed E-state index contributed by atoms with van der Waals surface area (Å²) >= 11 is 1.73. The van der Waals surface area contributed by atoms with Crippen molar-refractivity contribution in [2.24, 2.45) is 0 Å². The van der Waals surface area contributed by atoms with Crippen molar-refractivity contribution in [2.45, 2.75) is 12.7 Å². The van der Waals surface area contributed by atoms with Crippen LogP contribution in [0.5, 0.6) is 11.5 Å². The Labute approximate surface area is 109 Å². The van der Waals surface area contributed by atoms with E-state index in [9.17, 15) is 5.11 Å². The van der Waals surface area contributed by atoms with Crippen molar-refractivity contribution in [3.8, 4) is 23.0 Å². The van der Waals surface area contributed by atoms with E-state index in [-0.39, 0.29) is 5.75 Å². The molecule has 0 saturated carbocycles. The number of rotatable bonds is 5. The number of ether oxygens (including phenoxy) is 1. The van der Waals surface area contributed by atoms with Gasteiger partial charge in [-0.25, -0.2) is 0 Å². The molecule has 2 aromatic rings. The first-order chi connectivity index (χ1) is 8.74. The highest BCUT2D eigenvalue weighted by molar-refractivity contribution is 7.98. The average Bonchev–Trinajstić information content (AvgIpc) is 2.85. The van der Waals surface area contributed by atoms with Gasteiger partial charge >= 0.3 is 0 Å². The molecule has 0 aliphatic rings. The Bertz CT molecular complexity index is 528. The molecule has 1 heterocycles. The maximum Gasteiger partial charge on any atom is 0.258 e. The Hall–Kier alpha value is -1.69. The number of hydrogen-bond acceptors (Lipinski definition) is 6. The van der Waals surface area contributed by atoms with Crippen LogP contribution < -0.4 is 4.74 Å². The summed E-state index contributed by atoms with van der Waals surface area (Å²) in [6, 6.07) is 4.92. The second kappa shape index (κ2) is 5.77. The fraction of sp³-hybridized carbons (Fsp3) is 0.333. The molecule has 0 spiro atoms. The molecule has 0 atom stereocenters. The molecule has 5 nitrogen and oxygen atoms in total. The maximum atomic E-state index is 9.51. The van der Waals surface area contributed by atoms with Crippen molar-refractivity contribution < 1.29 is 14.4 Å². The minimum absolute atomic E-state index is 0.0857. The van der Waals surface area contributed by atoms with Crippen LogP contribution >= 0.6 is 11.8 Å². The summed E-state index contributed by atoms with van der Waals surface area (Å²) in [6.07, 6.45) is 0. The van der Waals surface area contributed by atoms with E-state index in [1.807, 2.05) is 0 Å². The number of methoxy groups -OCH3 is 1. The molecular formula is C12H14N2O3S. The molecule has 0 aliphatic heterocycles. The number of phenols is 1. The molecule has 1 aromatic heterocycles. The molecule has 1 aromatic carbocycles. The Kier molecular flexibility index (Phi) is 4.09. The highest BCUT2D eigenvalue weighted by Gasteiger charge is 2.11. The number of benzene rings is 1. The first kappa shape index (κ1) is 12.8. The van der Waals surface area contributed by atoms with E-state index in [1.54, 1.807) is 30.0 Å². The van der Waals surface area contributed by atoms with Crippen LogP contribution in [0.3, 0.4) is 0 Å². The molecular weight excluding hydrogens is 252 g/mol. The molecule has 6 heteroatoms. The van der Waals surface area contributed by atoms with Gasteiger partial charge < -0.3 is 14.4 Å². The van der Waals surface area contributed by atoms with Crippen molar-refractivity contribution in [1.29, 1.82) is 0 Å². The van der Waals surface area contributed by atoms with E-state index in [0.29, 0.717) is 17.5 Å². The van der Waals surface area contributed by atoms with Gasteiger partial charge in [-0.3, -0.25) is 0 Å². The molecule has 0 saturated heterocycles. The van der Waals surface area contributed by atoms with E-state index in [1.165, 1.54) is 7.11 Å². The van der Waals surface area contributed by atoms with Crippen molar-refractivity contribution in [2.75, 3.05) is 12.9 Å². The summed E-state index contributed by atoms with van der Waals surface area (Å²) in [6.45, 7) is 2.08. The van der Waals surface area contributed by atoms with Gasteiger partial charge in [-0.05, 0) is 24.0 Å². The largest absolute Gasteiger partial charge is 0.504 e. The van der Waals surface area contributed by atoms with Crippen molar-refractivity contribution in [3.05, 3.63) is 24.0 Å². The normalized spacial score (nSPS) is 10.6. The number of aromatic hydroxyl groups is 1. The Morgan fingerprint density at radius 1 is 1.44 bits per heavy atom. The Morgan fingerprint density at radius 2 is 2.28 bits per heavy atom. The molecule has 0 aliphatic carbocycles. The zero-order chi connectivity index (χ0) is 13.0. The molecule has 0 unspecified atom stereocenters. The van der Waals surface area contributed by atoms with Gasteiger partial charge in [0.15, 0.2) is 17.3 Å². The minimum Gasteiger partial charge on any atom is -0.504 e. The monoisotopic (exact) mass is 266 g/mol. The third kappa shape index (κ3) is 2.76. The molecule has 0 amide bonds. The highest BCUT2D eigenvalue weighted by Crippen LogP contribution is 2.30. The summed E-state index contributed by atoms with van der Waals surface area (Å²) in [7, 11) is 1.50. The van der Waals surface area contributed by atoms with Gasteiger partial charge in [-0.15, -0.1) is 0 Å². The predicted octanol–water partition coefficient (Wildman–Crippen LogP) is 2.70. The Balaban J connectivity index is 2.23. The fourth-order valence-corrected chi connectivity index (χ4v) is 1.94. The van der Waals surface area contributed by atoms with E-state index < -0.39 is 0 Å². The predicted molar refractivity (Wildman–Crippen MR) is 69.8 cm³/mol. The van der Waals surface area contributed by atoms with E-state index in [2.05, 4.69) is 17.1 Å². The molecule has 0 fully saturated rings. The number of phenolic OH excluding ortho intramolecular Hbond substituents is 1. The lowest BCUT2D eigenvalue weighted by molar-refractivity contribution is 0.373. The SMILES string of the molecule is CCSCc1noc(-c2ccc(O)c(OC)c2)n1. The molecule has 1 N–H and O–H groups in total. The summed E-state index contributed by atoms with van der Waals surface area (Å²) < 4.78 is 10.2. The standard InChI is InChI=1S/C12H14N2O3S/c1-3-18-7-11-13-12(17-14-11)8-4-5-9(15)10(6-8)16-2/h4-6,15H,3,7H2,1-2H3. The second-order valence-corrected chi connectivity index (χ2v) is 4.81. The Morgan fingerprint density at radius 3 is 3.00 bits per heavy atom. The quantitative estimate of drug-likeness (QED) is 0.897. The molecule has 2 rings (SSSR count). The van der Waals surface area contributed by atoms with Crippen molar-refractivity contribution >= 4 is 11.8 Å². The van der Waals surface area contributed by atoms with Gasteiger partial charge in [-0.2, -0.15) is 16.7 Å². The number of nitrogens with zero attached hydrogens (tertiary/aromatic N) is 2. The van der Waals surface area contributed by atoms with Crippen LogP contribution in [-0.4, -0.2) is 28.1 Å². The van der Waals surface area contributed by atoms with Crippen LogP contribution in [0.4, 0.5) is 0 Å². The summed E-state index contributed by atoms with van der Waals surface area (Å²) in [4.78, 5) is 4.29. The van der Waals surface area contributed by atoms with Crippen molar-refractivity contribution in [1.82, 2.24) is 10.1 Å². The number of thioether (sulfide) groups is 1. The first-order valence-electron chi connectivity index (χ1n) is 5.52. The van der Waals surface area contributed by atoms with Crippen LogP contribution in [0, 0.1) is 0 Å². The van der Waals surface area contributed by atoms with Gasteiger partial charge in [0, 0.05) is 5.56 Å². The third-order valence-corrected chi connectivity index (χ3v) is 3.20. The van der Waals surface area contributed by atoms with Gasteiger partial charge in [0.1, 0.15) is 0 Å². The molecule has 0 bridgehead atoms. The average molecular weight is 266 g/mol. The van der Waals surface area contributed by atoms with Crippen LogP contribution in [0.15, 0.2) is 22.7 Å². The maximum absolute atomic E-state index is 9.51. The smallest absolute Gasteiger partial charge is 0.258 e. The van der Waals surface area contributed by atoms with Crippen LogP contribution in [0.1, 0.15) is 12.7 Å². The van der Waals surface area contributed by atoms with Gasteiger partial charge in [0.05, 0.1) is 12.9 Å². The van der Waals surface area contributed by atoms with Gasteiger partial charge in [0.2, 0.25) is 0 Å².